The first-order valence-corrected chi connectivity index (χ1v) is 6.90. The van der Waals surface area contributed by atoms with Gasteiger partial charge in [0.25, 0.3) is 0 Å². The number of ether oxygens (including phenoxy) is 1. The molecule has 0 saturated carbocycles. The van der Waals surface area contributed by atoms with Crippen molar-refractivity contribution in [3.05, 3.63) is 34.7 Å². The number of rotatable bonds is 6. The van der Waals surface area contributed by atoms with E-state index in [2.05, 4.69) is 4.98 Å². The van der Waals surface area contributed by atoms with E-state index in [1.54, 1.807) is 11.3 Å². The predicted octanol–water partition coefficient (Wildman–Crippen LogP) is 3.36. The molecule has 2 rings (SSSR count). The molecule has 0 spiro atoms. The van der Waals surface area contributed by atoms with Crippen molar-refractivity contribution in [2.24, 2.45) is 0 Å². The van der Waals surface area contributed by atoms with Gasteiger partial charge in [-0.3, -0.25) is 4.79 Å². The maximum atomic E-state index is 10.4. The van der Waals surface area contributed by atoms with Crippen LogP contribution in [-0.4, -0.2) is 22.7 Å². The lowest BCUT2D eigenvalue weighted by atomic mass is 10.1. The van der Waals surface area contributed by atoms with Gasteiger partial charge in [0, 0.05) is 17.4 Å². The second-order valence-electron chi connectivity index (χ2n) is 4.13. The third-order valence-electron chi connectivity index (χ3n) is 2.55. The van der Waals surface area contributed by atoms with Crippen molar-refractivity contribution >= 4 is 17.3 Å². The van der Waals surface area contributed by atoms with Gasteiger partial charge < -0.3 is 9.84 Å². The number of carbonyl (C=O) groups is 1. The van der Waals surface area contributed by atoms with Crippen LogP contribution in [0.3, 0.4) is 0 Å². The molecular weight excluding hydrogens is 262 g/mol. The molecule has 5 heteroatoms. The maximum Gasteiger partial charge on any atom is 0.303 e. The van der Waals surface area contributed by atoms with Crippen molar-refractivity contribution in [2.75, 3.05) is 6.61 Å². The van der Waals surface area contributed by atoms with E-state index in [1.807, 2.05) is 36.6 Å². The van der Waals surface area contributed by atoms with E-state index in [4.69, 9.17) is 9.84 Å². The van der Waals surface area contributed by atoms with Crippen LogP contribution in [0.4, 0.5) is 0 Å². The Labute approximate surface area is 115 Å². The Hall–Kier alpha value is -1.88. The molecule has 0 atom stereocenters. The largest absolute Gasteiger partial charge is 0.494 e. The first kappa shape index (κ1) is 13.5. The van der Waals surface area contributed by atoms with Crippen LogP contribution in [-0.2, 0) is 4.79 Å². The molecule has 0 aliphatic heterocycles. The number of carboxylic acids is 1. The van der Waals surface area contributed by atoms with Gasteiger partial charge in [-0.1, -0.05) is 12.1 Å². The summed E-state index contributed by atoms with van der Waals surface area (Å²) in [5, 5.41) is 11.6. The van der Waals surface area contributed by atoms with Crippen LogP contribution in [0.15, 0.2) is 29.6 Å². The van der Waals surface area contributed by atoms with E-state index in [-0.39, 0.29) is 6.42 Å². The third kappa shape index (κ3) is 4.06. The van der Waals surface area contributed by atoms with E-state index < -0.39 is 5.97 Å². The quantitative estimate of drug-likeness (QED) is 0.822. The normalized spacial score (nSPS) is 10.4. The first-order valence-electron chi connectivity index (χ1n) is 6.02. The summed E-state index contributed by atoms with van der Waals surface area (Å²) in [6.07, 6.45) is 0.639. The molecule has 0 fully saturated rings. The highest BCUT2D eigenvalue weighted by Gasteiger charge is 2.04. The SMILES string of the molecule is Cc1nc(-c2cccc(OCCCC(=O)O)c2)cs1. The molecule has 19 heavy (non-hydrogen) atoms. The zero-order chi connectivity index (χ0) is 13.7. The van der Waals surface area contributed by atoms with Crippen molar-refractivity contribution < 1.29 is 14.6 Å². The van der Waals surface area contributed by atoms with E-state index in [1.165, 1.54) is 0 Å². The molecule has 1 aromatic carbocycles. The fourth-order valence-electron chi connectivity index (χ4n) is 1.65. The van der Waals surface area contributed by atoms with Crippen LogP contribution >= 0.6 is 11.3 Å². The molecule has 0 aliphatic rings. The number of benzene rings is 1. The zero-order valence-electron chi connectivity index (χ0n) is 10.6. The number of aliphatic carboxylic acids is 1. The Morgan fingerprint density at radius 3 is 3.00 bits per heavy atom. The minimum Gasteiger partial charge on any atom is -0.494 e. The van der Waals surface area contributed by atoms with Gasteiger partial charge in [0.1, 0.15) is 5.75 Å². The van der Waals surface area contributed by atoms with Gasteiger partial charge in [0.05, 0.1) is 17.3 Å². The molecule has 0 bridgehead atoms. The lowest BCUT2D eigenvalue weighted by Gasteiger charge is -2.06. The second-order valence-corrected chi connectivity index (χ2v) is 5.19. The summed E-state index contributed by atoms with van der Waals surface area (Å²) >= 11 is 1.61. The molecule has 0 amide bonds. The van der Waals surface area contributed by atoms with E-state index >= 15 is 0 Å². The highest BCUT2D eigenvalue weighted by atomic mass is 32.1. The molecule has 0 saturated heterocycles. The molecule has 100 valence electrons. The van der Waals surface area contributed by atoms with E-state index in [0.29, 0.717) is 13.0 Å². The summed E-state index contributed by atoms with van der Waals surface area (Å²) in [5.41, 5.74) is 1.96. The van der Waals surface area contributed by atoms with Gasteiger partial charge in [0.2, 0.25) is 0 Å². The fraction of sp³-hybridized carbons (Fsp3) is 0.286. The van der Waals surface area contributed by atoms with Crippen LogP contribution in [0.25, 0.3) is 11.3 Å². The number of hydrogen-bond donors (Lipinski definition) is 1. The zero-order valence-corrected chi connectivity index (χ0v) is 11.4. The Balaban J connectivity index is 1.97. The summed E-state index contributed by atoms with van der Waals surface area (Å²) in [4.78, 5) is 14.8. The number of carboxylic acid groups (broad SMARTS) is 1. The smallest absolute Gasteiger partial charge is 0.303 e. The van der Waals surface area contributed by atoms with Crippen molar-refractivity contribution in [2.45, 2.75) is 19.8 Å². The average Bonchev–Trinajstić information content (AvgIpc) is 2.82. The first-order chi connectivity index (χ1) is 9.15. The summed E-state index contributed by atoms with van der Waals surface area (Å²) in [5.74, 6) is -0.0520. The lowest BCUT2D eigenvalue weighted by Crippen LogP contribution is -2.02. The summed E-state index contributed by atoms with van der Waals surface area (Å²) < 4.78 is 5.54. The highest BCUT2D eigenvalue weighted by Crippen LogP contribution is 2.25. The summed E-state index contributed by atoms with van der Waals surface area (Å²) in [7, 11) is 0. The van der Waals surface area contributed by atoms with E-state index in [0.717, 1.165) is 22.0 Å². The van der Waals surface area contributed by atoms with Gasteiger partial charge in [-0.2, -0.15) is 0 Å². The van der Waals surface area contributed by atoms with Gasteiger partial charge in [0.15, 0.2) is 0 Å². The molecule has 0 aliphatic carbocycles. The Morgan fingerprint density at radius 2 is 2.32 bits per heavy atom. The number of thiazole rings is 1. The predicted molar refractivity (Wildman–Crippen MR) is 74.7 cm³/mol. The van der Waals surface area contributed by atoms with Crippen LogP contribution < -0.4 is 4.74 Å². The standard InChI is InChI=1S/C14H15NO3S/c1-10-15-13(9-19-10)11-4-2-5-12(8-11)18-7-3-6-14(16)17/h2,4-5,8-9H,3,6-7H2,1H3,(H,16,17). The molecule has 1 aromatic heterocycles. The fourth-order valence-corrected chi connectivity index (χ4v) is 2.28. The Morgan fingerprint density at radius 1 is 1.47 bits per heavy atom. The minimum atomic E-state index is -0.796. The minimum absolute atomic E-state index is 0.130. The summed E-state index contributed by atoms with van der Waals surface area (Å²) in [6.45, 7) is 2.38. The van der Waals surface area contributed by atoms with Crippen LogP contribution in [0.1, 0.15) is 17.8 Å². The molecule has 0 unspecified atom stereocenters. The number of aryl methyl sites for hydroxylation is 1. The average molecular weight is 277 g/mol. The van der Waals surface area contributed by atoms with Gasteiger partial charge >= 0.3 is 5.97 Å². The highest BCUT2D eigenvalue weighted by molar-refractivity contribution is 7.09. The van der Waals surface area contributed by atoms with E-state index in [9.17, 15) is 4.79 Å². The van der Waals surface area contributed by atoms with Crippen LogP contribution in [0, 0.1) is 6.92 Å². The van der Waals surface area contributed by atoms with Crippen LogP contribution in [0.2, 0.25) is 0 Å². The van der Waals surface area contributed by atoms with Gasteiger partial charge in [-0.15, -0.1) is 11.3 Å². The molecule has 4 nitrogen and oxygen atoms in total. The maximum absolute atomic E-state index is 10.4. The lowest BCUT2D eigenvalue weighted by molar-refractivity contribution is -0.137. The molecule has 1 heterocycles. The monoisotopic (exact) mass is 277 g/mol. The topological polar surface area (TPSA) is 59.4 Å². The number of hydrogen-bond acceptors (Lipinski definition) is 4. The van der Waals surface area contributed by atoms with Crippen molar-refractivity contribution in [3.63, 3.8) is 0 Å². The second kappa shape index (κ2) is 6.33. The number of aromatic nitrogens is 1. The summed E-state index contributed by atoms with van der Waals surface area (Å²) in [6, 6.07) is 7.69. The molecule has 1 N–H and O–H groups in total. The Bertz CT molecular complexity index is 565. The molecular formula is C14H15NO3S. The van der Waals surface area contributed by atoms with Gasteiger partial charge in [-0.05, 0) is 25.5 Å². The van der Waals surface area contributed by atoms with Gasteiger partial charge in [-0.25, -0.2) is 4.98 Å². The van der Waals surface area contributed by atoms with Crippen molar-refractivity contribution in [3.8, 4) is 17.0 Å². The van der Waals surface area contributed by atoms with Crippen LogP contribution in [0.5, 0.6) is 5.75 Å². The molecule has 0 radical (unpaired) electrons. The van der Waals surface area contributed by atoms with Crippen molar-refractivity contribution in [1.29, 1.82) is 0 Å². The third-order valence-corrected chi connectivity index (χ3v) is 3.33. The molecule has 2 aromatic rings. The van der Waals surface area contributed by atoms with Crippen molar-refractivity contribution in [1.82, 2.24) is 4.98 Å². The number of nitrogens with zero attached hydrogens (tertiary/aromatic N) is 1. The Kier molecular flexibility index (Phi) is 4.52.